The van der Waals surface area contributed by atoms with Crippen molar-refractivity contribution in [1.29, 1.82) is 0 Å². The zero-order valence-electron chi connectivity index (χ0n) is 4.56. The fraction of sp³-hybridized carbons (Fsp3) is 0.400. The second-order valence-electron chi connectivity index (χ2n) is 1.34. The van der Waals surface area contributed by atoms with Gasteiger partial charge in [-0.05, 0) is 19.4 Å². The van der Waals surface area contributed by atoms with Crippen LogP contribution < -0.4 is 0 Å². The van der Waals surface area contributed by atoms with Gasteiger partial charge in [0.2, 0.25) is 0 Å². The molecule has 0 unspecified atom stereocenters. The molecule has 0 saturated heterocycles. The maximum absolute atomic E-state index is 10.3. The number of carbonyl (C=O) groups is 1. The lowest BCUT2D eigenvalue weighted by Gasteiger charge is -1.85. The van der Waals surface area contributed by atoms with Crippen molar-refractivity contribution in [1.82, 2.24) is 0 Å². The molecule has 1 nitrogen and oxygen atoms in total. The van der Waals surface area contributed by atoms with Crippen molar-refractivity contribution in [3.63, 3.8) is 0 Å². The molecule has 0 aromatic rings. The van der Waals surface area contributed by atoms with Gasteiger partial charge < -0.3 is 4.79 Å². The third kappa shape index (κ3) is 2.34. The molecule has 0 bridgehead atoms. The van der Waals surface area contributed by atoms with E-state index in [-0.39, 0.29) is 5.41 Å². The molecule has 0 heterocycles. The first-order chi connectivity index (χ1) is 3.18. The van der Waals surface area contributed by atoms with Gasteiger partial charge in [0.25, 0.3) is 0 Å². The highest BCUT2D eigenvalue weighted by Crippen LogP contribution is 1.87. The Kier molecular flexibility index (Phi) is 2.60. The molecule has 0 atom stereocenters. The van der Waals surface area contributed by atoms with E-state index in [9.17, 15) is 4.79 Å². The fourth-order valence-electron chi connectivity index (χ4n) is 0.142. The van der Waals surface area contributed by atoms with E-state index >= 15 is 0 Å². The summed E-state index contributed by atoms with van der Waals surface area (Å²) in [4.78, 5) is 10.3. The maximum atomic E-state index is 10.3. The molecule has 0 aromatic heterocycles. The first-order valence-corrected chi connectivity index (χ1v) is 2.69. The molecule has 2 radical (unpaired) electrons. The Morgan fingerprint density at radius 1 is 1.71 bits per heavy atom. The van der Waals surface area contributed by atoms with Crippen molar-refractivity contribution >= 4 is 15.6 Å². The lowest BCUT2D eigenvalue weighted by molar-refractivity contribution is -0.108. The molecule has 0 spiro atoms. The van der Waals surface area contributed by atoms with Crippen LogP contribution in [0.25, 0.3) is 0 Å². The van der Waals surface area contributed by atoms with Crippen LogP contribution in [0, 0.1) is 0 Å². The average molecular weight is 112 g/mol. The summed E-state index contributed by atoms with van der Waals surface area (Å²) in [5.74, 6) is 0. The van der Waals surface area contributed by atoms with Gasteiger partial charge in [-0.15, -0.1) is 0 Å². The van der Waals surface area contributed by atoms with Crippen molar-refractivity contribution in [2.45, 2.75) is 13.8 Å². The normalized spacial score (nSPS) is 11.6. The van der Waals surface area contributed by atoms with E-state index in [1.165, 1.54) is 0 Å². The Labute approximate surface area is 46.8 Å². The van der Waals surface area contributed by atoms with Crippen molar-refractivity contribution in [2.75, 3.05) is 0 Å². The van der Waals surface area contributed by atoms with E-state index in [4.69, 9.17) is 0 Å². The van der Waals surface area contributed by atoms with E-state index in [1.54, 1.807) is 13.0 Å². The Morgan fingerprint density at radius 3 is 2.14 bits per heavy atom. The number of rotatable bonds is 1. The summed E-state index contributed by atoms with van der Waals surface area (Å²) >= 11 is 0. The zero-order chi connectivity index (χ0) is 5.86. The lowest BCUT2D eigenvalue weighted by atomic mass is 10.3. The molecule has 0 saturated carbocycles. The number of hydrogen-bond acceptors (Lipinski definition) is 1. The van der Waals surface area contributed by atoms with E-state index < -0.39 is 0 Å². The minimum atomic E-state index is 0.0718. The van der Waals surface area contributed by atoms with Crippen LogP contribution in [0.4, 0.5) is 0 Å². The highest BCUT2D eigenvalue weighted by atomic mass is 28.1. The van der Waals surface area contributed by atoms with E-state index in [0.29, 0.717) is 0 Å². The molecule has 7 heavy (non-hydrogen) atoms. The first kappa shape index (κ1) is 6.63. The topological polar surface area (TPSA) is 17.1 Å². The van der Waals surface area contributed by atoms with Gasteiger partial charge in [-0.3, -0.25) is 0 Å². The average Bonchev–Trinajstić information content (AvgIpc) is 1.65. The van der Waals surface area contributed by atoms with E-state index in [2.05, 4.69) is 10.2 Å². The monoisotopic (exact) mass is 112 g/mol. The van der Waals surface area contributed by atoms with Crippen molar-refractivity contribution < 1.29 is 4.79 Å². The molecule has 0 aliphatic rings. The molecule has 0 N–H and O–H groups in total. The van der Waals surface area contributed by atoms with Crippen molar-refractivity contribution in [2.24, 2.45) is 0 Å². The Morgan fingerprint density at radius 2 is 2.14 bits per heavy atom. The van der Waals surface area contributed by atoms with Gasteiger partial charge in [0.05, 0.1) is 0 Å². The summed E-state index contributed by atoms with van der Waals surface area (Å²) in [7, 11) is 2.11. The third-order valence-corrected chi connectivity index (χ3v) is 1.28. The van der Waals surface area contributed by atoms with Crippen LogP contribution in [0.2, 0.25) is 0 Å². The fourth-order valence-corrected chi connectivity index (χ4v) is 0.309. The van der Waals surface area contributed by atoms with Gasteiger partial charge in [0.15, 0.2) is 0 Å². The van der Waals surface area contributed by atoms with Crippen molar-refractivity contribution in [3.05, 3.63) is 11.6 Å². The van der Waals surface area contributed by atoms with Gasteiger partial charge >= 0.3 is 0 Å². The summed E-state index contributed by atoms with van der Waals surface area (Å²) in [6, 6.07) is 0. The molecule has 38 valence electrons. The largest absolute Gasteiger partial charge is 0.301 e. The van der Waals surface area contributed by atoms with E-state index in [1.807, 2.05) is 6.92 Å². The maximum Gasteiger partial charge on any atom is 0.127 e. The van der Waals surface area contributed by atoms with Gasteiger partial charge in [-0.25, -0.2) is 0 Å². The second-order valence-corrected chi connectivity index (χ2v) is 1.86. The first-order valence-electron chi connectivity index (χ1n) is 2.11. The van der Waals surface area contributed by atoms with Gasteiger partial charge in [0, 0.05) is 0 Å². The molecule has 0 aliphatic carbocycles. The summed E-state index contributed by atoms with van der Waals surface area (Å²) in [6.45, 7) is 3.63. The number of hydrogen-bond donors (Lipinski definition) is 0. The van der Waals surface area contributed by atoms with Crippen LogP contribution in [0.15, 0.2) is 11.6 Å². The smallest absolute Gasteiger partial charge is 0.127 e. The van der Waals surface area contributed by atoms with Crippen LogP contribution in [-0.2, 0) is 4.79 Å². The van der Waals surface area contributed by atoms with Crippen LogP contribution >= 0.6 is 0 Å². The number of allylic oxidation sites excluding steroid dienone is 2. The summed E-state index contributed by atoms with van der Waals surface area (Å²) < 4.78 is 0. The lowest BCUT2D eigenvalue weighted by Crippen LogP contribution is -1.95. The SMILES string of the molecule is CC=C(C)C(=O)[SiH]. The van der Waals surface area contributed by atoms with Crippen LogP contribution in [0.3, 0.4) is 0 Å². The van der Waals surface area contributed by atoms with Gasteiger partial charge in [-0.1, -0.05) is 6.08 Å². The molecule has 0 rings (SSSR count). The van der Waals surface area contributed by atoms with Crippen LogP contribution in [0.1, 0.15) is 13.8 Å². The quantitative estimate of drug-likeness (QED) is 0.354. The summed E-state index contributed by atoms with van der Waals surface area (Å²) in [5.41, 5.74) is 0.796. The Hall–Kier alpha value is -0.373. The Balaban J connectivity index is 3.82. The van der Waals surface area contributed by atoms with Crippen LogP contribution in [-0.4, -0.2) is 15.6 Å². The summed E-state index contributed by atoms with van der Waals surface area (Å²) in [6.07, 6.45) is 1.79. The van der Waals surface area contributed by atoms with Gasteiger partial charge in [-0.2, -0.15) is 0 Å². The van der Waals surface area contributed by atoms with Crippen LogP contribution in [0.5, 0.6) is 0 Å². The second kappa shape index (κ2) is 2.74. The molecular weight excluding hydrogens is 104 g/mol. The number of carbonyl (C=O) groups excluding carboxylic acids is 1. The zero-order valence-corrected chi connectivity index (χ0v) is 5.72. The Bertz CT molecular complexity index is 105. The third-order valence-electron chi connectivity index (χ3n) is 0.822. The molecule has 2 heteroatoms. The molecule has 0 aliphatic heterocycles. The minimum absolute atomic E-state index is 0.0718. The highest BCUT2D eigenvalue weighted by Gasteiger charge is 1.89. The molecule has 0 amide bonds. The molecular formula is C5H8OSi. The van der Waals surface area contributed by atoms with E-state index in [0.717, 1.165) is 5.57 Å². The molecule has 0 fully saturated rings. The standard InChI is InChI=1S/C5H8OSi/c1-3-4(2)5(6)7/h3,7H,1-2H3. The predicted octanol–water partition coefficient (Wildman–Crippen LogP) is 0.380. The summed E-state index contributed by atoms with van der Waals surface area (Å²) in [5, 5.41) is 0.0718. The van der Waals surface area contributed by atoms with Crippen molar-refractivity contribution in [3.8, 4) is 0 Å². The minimum Gasteiger partial charge on any atom is -0.301 e. The molecule has 0 aromatic carbocycles. The predicted molar refractivity (Wildman–Crippen MR) is 31.6 cm³/mol. The van der Waals surface area contributed by atoms with Gasteiger partial charge in [0.1, 0.15) is 15.6 Å². The highest BCUT2D eigenvalue weighted by molar-refractivity contribution is 6.62.